The van der Waals surface area contributed by atoms with E-state index in [1.165, 1.54) is 0 Å². The molecule has 0 spiro atoms. The van der Waals surface area contributed by atoms with Gasteiger partial charge >= 0.3 is 0 Å². The number of nitrogens with one attached hydrogen (secondary N) is 1. The number of pyridine rings is 1. The molecule has 0 radical (unpaired) electrons. The van der Waals surface area contributed by atoms with E-state index < -0.39 is 0 Å². The second-order valence-corrected chi connectivity index (χ2v) is 9.21. The lowest BCUT2D eigenvalue weighted by atomic mass is 9.94. The first-order valence-corrected chi connectivity index (χ1v) is 11.3. The molecule has 0 aliphatic carbocycles. The summed E-state index contributed by atoms with van der Waals surface area (Å²) in [4.78, 5) is 19.4. The fourth-order valence-electron chi connectivity index (χ4n) is 4.41. The van der Waals surface area contributed by atoms with Gasteiger partial charge < -0.3 is 14.8 Å². The number of amides is 1. The largest absolute Gasteiger partial charge is 0.490 e. The fourth-order valence-corrected chi connectivity index (χ4v) is 4.41. The minimum atomic E-state index is -0.179. The number of nitrogens with zero attached hydrogens (tertiary/aromatic N) is 2. The van der Waals surface area contributed by atoms with E-state index in [4.69, 9.17) is 9.47 Å². The van der Waals surface area contributed by atoms with Gasteiger partial charge in [0.15, 0.2) is 0 Å². The molecule has 1 N–H and O–H groups in total. The molecule has 1 aromatic carbocycles. The van der Waals surface area contributed by atoms with Crippen LogP contribution in [0.15, 0.2) is 48.7 Å². The van der Waals surface area contributed by atoms with Gasteiger partial charge in [-0.3, -0.25) is 14.7 Å². The summed E-state index contributed by atoms with van der Waals surface area (Å²) >= 11 is 0. The highest BCUT2D eigenvalue weighted by molar-refractivity contribution is 5.94. The van der Waals surface area contributed by atoms with Crippen molar-refractivity contribution < 1.29 is 14.3 Å². The van der Waals surface area contributed by atoms with Crippen LogP contribution in [0.4, 0.5) is 0 Å². The van der Waals surface area contributed by atoms with Crippen molar-refractivity contribution in [2.75, 3.05) is 19.7 Å². The van der Waals surface area contributed by atoms with Gasteiger partial charge in [0.2, 0.25) is 0 Å². The van der Waals surface area contributed by atoms with E-state index >= 15 is 0 Å². The Morgan fingerprint density at radius 2 is 1.94 bits per heavy atom. The normalized spacial score (nSPS) is 22.1. The molecule has 1 aromatic heterocycles. The molecule has 0 bridgehead atoms. The molecule has 2 fully saturated rings. The Kier molecular flexibility index (Phi) is 6.88. The van der Waals surface area contributed by atoms with Gasteiger partial charge in [0.05, 0.1) is 11.3 Å². The number of benzene rings is 1. The SMILES string of the molecule is CC1(C)CC(NC(=O)c2ccc(OC3CCN(Cc4ccccn4)CC3)cc2)CCO1. The third-order valence-electron chi connectivity index (χ3n) is 6.10. The Bertz CT molecular complexity index is 846. The average Bonchev–Trinajstić information content (AvgIpc) is 2.76. The van der Waals surface area contributed by atoms with E-state index in [9.17, 15) is 4.79 Å². The second kappa shape index (κ2) is 9.79. The Morgan fingerprint density at radius 1 is 1.16 bits per heavy atom. The van der Waals surface area contributed by atoms with Gasteiger partial charge in [0, 0.05) is 44.0 Å². The number of hydrogen-bond donors (Lipinski definition) is 1. The van der Waals surface area contributed by atoms with Gasteiger partial charge in [-0.2, -0.15) is 0 Å². The molecule has 2 aliphatic heterocycles. The number of carbonyl (C=O) groups is 1. The molecular formula is C25H33N3O3. The smallest absolute Gasteiger partial charge is 0.251 e. The van der Waals surface area contributed by atoms with Gasteiger partial charge in [-0.1, -0.05) is 6.07 Å². The van der Waals surface area contributed by atoms with Gasteiger partial charge in [0.1, 0.15) is 11.9 Å². The topological polar surface area (TPSA) is 63.7 Å². The molecule has 2 aliphatic rings. The van der Waals surface area contributed by atoms with Crippen LogP contribution in [0.5, 0.6) is 5.75 Å². The predicted octanol–water partition coefficient (Wildman–Crippen LogP) is 3.81. The van der Waals surface area contributed by atoms with E-state index in [0.29, 0.717) is 12.2 Å². The summed E-state index contributed by atoms with van der Waals surface area (Å²) in [6.07, 6.45) is 5.74. The van der Waals surface area contributed by atoms with Crippen LogP contribution < -0.4 is 10.1 Å². The van der Waals surface area contributed by atoms with Gasteiger partial charge in [0.25, 0.3) is 5.91 Å². The highest BCUT2D eigenvalue weighted by Gasteiger charge is 2.29. The Hall–Kier alpha value is -2.44. The first-order chi connectivity index (χ1) is 15.0. The molecule has 1 amide bonds. The lowest BCUT2D eigenvalue weighted by molar-refractivity contribution is -0.0615. The van der Waals surface area contributed by atoms with Crippen molar-refractivity contribution in [3.05, 3.63) is 59.9 Å². The Morgan fingerprint density at radius 3 is 2.61 bits per heavy atom. The molecule has 31 heavy (non-hydrogen) atoms. The fraction of sp³-hybridized carbons (Fsp3) is 0.520. The predicted molar refractivity (Wildman–Crippen MR) is 120 cm³/mol. The lowest BCUT2D eigenvalue weighted by Crippen LogP contribution is -2.45. The molecular weight excluding hydrogens is 390 g/mol. The van der Waals surface area contributed by atoms with Crippen LogP contribution in [0.25, 0.3) is 0 Å². The molecule has 6 heteroatoms. The molecule has 1 atom stereocenters. The molecule has 4 rings (SSSR count). The monoisotopic (exact) mass is 423 g/mol. The molecule has 6 nitrogen and oxygen atoms in total. The van der Waals surface area contributed by atoms with Crippen LogP contribution in [0, 0.1) is 0 Å². The number of hydrogen-bond acceptors (Lipinski definition) is 5. The summed E-state index contributed by atoms with van der Waals surface area (Å²) in [5.41, 5.74) is 1.60. The highest BCUT2D eigenvalue weighted by atomic mass is 16.5. The van der Waals surface area contributed by atoms with E-state index in [1.54, 1.807) is 0 Å². The number of likely N-dealkylation sites (tertiary alicyclic amines) is 1. The van der Waals surface area contributed by atoms with Crippen LogP contribution in [0.2, 0.25) is 0 Å². The van der Waals surface area contributed by atoms with Crippen LogP contribution in [0.3, 0.4) is 0 Å². The average molecular weight is 424 g/mol. The van der Waals surface area contributed by atoms with Crippen molar-refractivity contribution in [1.29, 1.82) is 0 Å². The Balaban J connectivity index is 1.23. The third kappa shape index (κ3) is 6.28. The van der Waals surface area contributed by atoms with Crippen molar-refractivity contribution in [1.82, 2.24) is 15.2 Å². The number of piperidine rings is 1. The quantitative estimate of drug-likeness (QED) is 0.765. The second-order valence-electron chi connectivity index (χ2n) is 9.21. The van der Waals surface area contributed by atoms with E-state index in [0.717, 1.165) is 56.8 Å². The summed E-state index contributed by atoms with van der Waals surface area (Å²) in [5, 5.41) is 3.15. The van der Waals surface area contributed by atoms with Crippen molar-refractivity contribution in [3.63, 3.8) is 0 Å². The first-order valence-electron chi connectivity index (χ1n) is 11.3. The molecule has 2 aromatic rings. The number of ether oxygens (including phenoxy) is 2. The van der Waals surface area contributed by atoms with Gasteiger partial charge in [-0.05, 0) is 75.9 Å². The van der Waals surface area contributed by atoms with Crippen molar-refractivity contribution in [2.45, 2.75) is 63.8 Å². The molecule has 3 heterocycles. The minimum absolute atomic E-state index is 0.0305. The van der Waals surface area contributed by atoms with E-state index in [1.807, 2.05) is 42.6 Å². The zero-order valence-electron chi connectivity index (χ0n) is 18.5. The van der Waals surface area contributed by atoms with Crippen molar-refractivity contribution >= 4 is 5.91 Å². The summed E-state index contributed by atoms with van der Waals surface area (Å²) in [7, 11) is 0. The molecule has 1 unspecified atom stereocenters. The summed E-state index contributed by atoms with van der Waals surface area (Å²) < 4.78 is 11.9. The Labute approximate surface area is 185 Å². The maximum Gasteiger partial charge on any atom is 0.251 e. The first kappa shape index (κ1) is 21.8. The maximum absolute atomic E-state index is 12.6. The van der Waals surface area contributed by atoms with Crippen LogP contribution in [-0.4, -0.2) is 53.2 Å². The molecule has 0 saturated carbocycles. The summed E-state index contributed by atoms with van der Waals surface area (Å²) in [6.45, 7) is 7.72. The van der Waals surface area contributed by atoms with E-state index in [2.05, 4.69) is 35.1 Å². The zero-order chi connectivity index (χ0) is 21.7. The summed E-state index contributed by atoms with van der Waals surface area (Å²) in [5.74, 6) is 0.795. The maximum atomic E-state index is 12.6. The number of rotatable bonds is 6. The molecule has 166 valence electrons. The van der Waals surface area contributed by atoms with Crippen LogP contribution in [0.1, 0.15) is 55.6 Å². The van der Waals surface area contributed by atoms with Crippen LogP contribution in [-0.2, 0) is 11.3 Å². The number of carbonyl (C=O) groups excluding carboxylic acids is 1. The number of aromatic nitrogens is 1. The van der Waals surface area contributed by atoms with E-state index in [-0.39, 0.29) is 23.7 Å². The van der Waals surface area contributed by atoms with Crippen molar-refractivity contribution in [2.24, 2.45) is 0 Å². The highest BCUT2D eigenvalue weighted by Crippen LogP contribution is 2.25. The summed E-state index contributed by atoms with van der Waals surface area (Å²) in [6, 6.07) is 13.7. The van der Waals surface area contributed by atoms with Crippen molar-refractivity contribution in [3.8, 4) is 5.75 Å². The zero-order valence-corrected chi connectivity index (χ0v) is 18.5. The molecule has 2 saturated heterocycles. The minimum Gasteiger partial charge on any atom is -0.490 e. The lowest BCUT2D eigenvalue weighted by Gasteiger charge is -2.35. The van der Waals surface area contributed by atoms with Crippen LogP contribution >= 0.6 is 0 Å². The standard InChI is InChI=1S/C25H33N3O3/c1-25(2)17-20(12-16-30-25)27-24(29)19-6-8-22(9-7-19)31-23-10-14-28(15-11-23)18-21-5-3-4-13-26-21/h3-9,13,20,23H,10-12,14-18H2,1-2H3,(H,27,29). The third-order valence-corrected chi connectivity index (χ3v) is 6.10. The van der Waals surface area contributed by atoms with Gasteiger partial charge in [-0.15, -0.1) is 0 Å². The van der Waals surface area contributed by atoms with Gasteiger partial charge in [-0.25, -0.2) is 0 Å².